The Hall–Kier alpha value is -2.65. The van der Waals surface area contributed by atoms with Gasteiger partial charge in [-0.3, -0.25) is 19.7 Å². The number of fused-ring (bicyclic) bond motifs is 1. The second kappa shape index (κ2) is 6.46. The summed E-state index contributed by atoms with van der Waals surface area (Å²) in [7, 11) is 3.13. The summed E-state index contributed by atoms with van der Waals surface area (Å²) in [5.74, 6) is 1.29. The average Bonchev–Trinajstić information content (AvgIpc) is 3.02. The highest BCUT2D eigenvalue weighted by atomic mass is 16.6. The second-order valence-corrected chi connectivity index (χ2v) is 5.53. The van der Waals surface area contributed by atoms with Crippen LogP contribution < -0.4 is 9.47 Å². The molecule has 128 valence electrons. The van der Waals surface area contributed by atoms with Crippen molar-refractivity contribution in [3.63, 3.8) is 0 Å². The van der Waals surface area contributed by atoms with Crippen LogP contribution in [0.15, 0.2) is 24.5 Å². The Labute approximate surface area is 138 Å². The first-order valence-corrected chi connectivity index (χ1v) is 7.34. The zero-order valence-corrected chi connectivity index (χ0v) is 13.4. The van der Waals surface area contributed by atoms with Gasteiger partial charge in [-0.05, 0) is 12.1 Å². The van der Waals surface area contributed by atoms with Gasteiger partial charge in [-0.2, -0.15) is 5.10 Å². The minimum Gasteiger partial charge on any atom is -0.496 e. The van der Waals surface area contributed by atoms with Gasteiger partial charge >= 0.3 is 5.69 Å². The molecule has 1 aromatic carbocycles. The second-order valence-electron chi connectivity index (χ2n) is 5.53. The number of aliphatic hydroxyl groups is 1. The largest absolute Gasteiger partial charge is 0.496 e. The van der Waals surface area contributed by atoms with Crippen molar-refractivity contribution in [1.82, 2.24) is 14.7 Å². The molecular formula is C15H18N4O5. The SMILES string of the molecule is COc1ccc(OC)c2c1CN(Cn1cc([N+](=O)[O-])cn1)C[C@@H]2O. The monoisotopic (exact) mass is 334 g/mol. The van der Waals surface area contributed by atoms with Crippen LogP contribution in [0.2, 0.25) is 0 Å². The Morgan fingerprint density at radius 2 is 2.08 bits per heavy atom. The fourth-order valence-corrected chi connectivity index (χ4v) is 2.98. The van der Waals surface area contributed by atoms with Crippen LogP contribution in [0.5, 0.6) is 11.5 Å². The summed E-state index contributed by atoms with van der Waals surface area (Å²) < 4.78 is 12.2. The minimum atomic E-state index is -0.746. The fourth-order valence-electron chi connectivity index (χ4n) is 2.98. The smallest absolute Gasteiger partial charge is 0.307 e. The van der Waals surface area contributed by atoms with Crippen molar-refractivity contribution in [1.29, 1.82) is 0 Å². The quantitative estimate of drug-likeness (QED) is 0.649. The van der Waals surface area contributed by atoms with Crippen LogP contribution in [0.4, 0.5) is 5.69 Å². The highest BCUT2D eigenvalue weighted by molar-refractivity contribution is 5.51. The molecule has 1 aliphatic rings. The third-order valence-electron chi connectivity index (χ3n) is 4.04. The Balaban J connectivity index is 1.86. The molecule has 0 saturated heterocycles. The number of benzene rings is 1. The van der Waals surface area contributed by atoms with Crippen molar-refractivity contribution in [3.8, 4) is 11.5 Å². The molecule has 0 bridgehead atoms. The normalized spacial score (nSPS) is 17.4. The van der Waals surface area contributed by atoms with Crippen LogP contribution in [0.3, 0.4) is 0 Å². The van der Waals surface area contributed by atoms with Gasteiger partial charge in [0.05, 0.1) is 31.9 Å². The highest BCUT2D eigenvalue weighted by Crippen LogP contribution is 2.39. The van der Waals surface area contributed by atoms with Crippen LogP contribution in [-0.2, 0) is 13.2 Å². The molecule has 24 heavy (non-hydrogen) atoms. The van der Waals surface area contributed by atoms with E-state index in [1.807, 2.05) is 4.90 Å². The maximum absolute atomic E-state index is 10.7. The van der Waals surface area contributed by atoms with Gasteiger partial charge in [-0.1, -0.05) is 0 Å². The number of methoxy groups -OCH3 is 2. The van der Waals surface area contributed by atoms with Gasteiger partial charge in [0.25, 0.3) is 0 Å². The lowest BCUT2D eigenvalue weighted by Gasteiger charge is -2.33. The maximum Gasteiger partial charge on any atom is 0.307 e. The fraction of sp³-hybridized carbons (Fsp3) is 0.400. The molecule has 0 unspecified atom stereocenters. The molecular weight excluding hydrogens is 316 g/mol. The van der Waals surface area contributed by atoms with Gasteiger partial charge in [0.15, 0.2) is 0 Å². The number of aliphatic hydroxyl groups excluding tert-OH is 1. The molecule has 0 fully saturated rings. The number of nitrogens with zero attached hydrogens (tertiary/aromatic N) is 4. The van der Waals surface area contributed by atoms with Crippen LogP contribution in [0.25, 0.3) is 0 Å². The third-order valence-corrected chi connectivity index (χ3v) is 4.04. The summed E-state index contributed by atoms with van der Waals surface area (Å²) in [6, 6.07) is 3.57. The van der Waals surface area contributed by atoms with E-state index in [0.29, 0.717) is 31.3 Å². The number of β-amino-alcohol motifs (C(OH)–C–C–N with tert-alkyl or cyclic N) is 1. The highest BCUT2D eigenvalue weighted by Gasteiger charge is 2.30. The third kappa shape index (κ3) is 2.91. The van der Waals surface area contributed by atoms with E-state index in [-0.39, 0.29) is 5.69 Å². The number of nitro groups is 1. The van der Waals surface area contributed by atoms with Gasteiger partial charge < -0.3 is 14.6 Å². The number of aromatic nitrogens is 2. The first-order chi connectivity index (χ1) is 11.5. The molecule has 3 rings (SSSR count). The number of hydrogen-bond donors (Lipinski definition) is 1. The molecule has 0 amide bonds. The lowest BCUT2D eigenvalue weighted by atomic mass is 9.95. The predicted molar refractivity (Wildman–Crippen MR) is 83.8 cm³/mol. The summed E-state index contributed by atoms with van der Waals surface area (Å²) in [6.07, 6.45) is 1.83. The average molecular weight is 334 g/mol. The Morgan fingerprint density at radius 1 is 1.38 bits per heavy atom. The van der Waals surface area contributed by atoms with Gasteiger partial charge in [-0.25, -0.2) is 0 Å². The van der Waals surface area contributed by atoms with Crippen molar-refractivity contribution in [2.45, 2.75) is 19.3 Å². The van der Waals surface area contributed by atoms with Crippen molar-refractivity contribution in [2.24, 2.45) is 0 Å². The van der Waals surface area contributed by atoms with E-state index in [0.717, 1.165) is 11.1 Å². The Morgan fingerprint density at radius 3 is 2.71 bits per heavy atom. The van der Waals surface area contributed by atoms with Gasteiger partial charge in [0, 0.05) is 24.2 Å². The van der Waals surface area contributed by atoms with E-state index in [4.69, 9.17) is 9.47 Å². The molecule has 1 N–H and O–H groups in total. The lowest BCUT2D eigenvalue weighted by Crippen LogP contribution is -2.35. The molecule has 9 nitrogen and oxygen atoms in total. The summed E-state index contributed by atoms with van der Waals surface area (Å²) in [6.45, 7) is 1.20. The lowest BCUT2D eigenvalue weighted by molar-refractivity contribution is -0.385. The number of ether oxygens (including phenoxy) is 2. The van der Waals surface area contributed by atoms with Crippen molar-refractivity contribution in [3.05, 3.63) is 45.8 Å². The van der Waals surface area contributed by atoms with Gasteiger partial charge in [-0.15, -0.1) is 0 Å². The van der Waals surface area contributed by atoms with E-state index >= 15 is 0 Å². The van der Waals surface area contributed by atoms with E-state index in [1.54, 1.807) is 26.4 Å². The van der Waals surface area contributed by atoms with Gasteiger partial charge in [0.2, 0.25) is 0 Å². The molecule has 2 aromatic rings. The van der Waals surface area contributed by atoms with E-state index < -0.39 is 11.0 Å². The minimum absolute atomic E-state index is 0.0628. The number of hydrogen-bond acceptors (Lipinski definition) is 7. The first-order valence-electron chi connectivity index (χ1n) is 7.34. The molecule has 1 aromatic heterocycles. The summed E-state index contributed by atoms with van der Waals surface area (Å²) in [5, 5.41) is 25.2. The van der Waals surface area contributed by atoms with Crippen molar-refractivity contribution >= 4 is 5.69 Å². The van der Waals surface area contributed by atoms with Crippen LogP contribution >= 0.6 is 0 Å². The number of rotatable bonds is 5. The Kier molecular flexibility index (Phi) is 4.36. The maximum atomic E-state index is 10.7. The molecule has 1 aliphatic heterocycles. The van der Waals surface area contributed by atoms with E-state index in [1.165, 1.54) is 17.1 Å². The zero-order chi connectivity index (χ0) is 17.3. The molecule has 0 aliphatic carbocycles. The van der Waals surface area contributed by atoms with Crippen molar-refractivity contribution in [2.75, 3.05) is 20.8 Å². The van der Waals surface area contributed by atoms with Crippen LogP contribution in [-0.4, -0.2) is 45.5 Å². The summed E-state index contributed by atoms with van der Waals surface area (Å²) in [4.78, 5) is 12.2. The standard InChI is InChI=1S/C15H18N4O5/c1-23-13-3-4-14(24-2)15-11(13)7-17(8-12(15)20)9-18-6-10(5-16-18)19(21)22/h3-6,12,20H,7-9H2,1-2H3/t12-/m0/s1. The molecule has 0 spiro atoms. The molecule has 9 heteroatoms. The Bertz CT molecular complexity index is 760. The van der Waals surface area contributed by atoms with E-state index in [2.05, 4.69) is 5.10 Å². The van der Waals surface area contributed by atoms with Crippen LogP contribution in [0, 0.1) is 10.1 Å². The van der Waals surface area contributed by atoms with Gasteiger partial charge in [0.1, 0.15) is 23.9 Å². The topological polar surface area (TPSA) is 103 Å². The zero-order valence-electron chi connectivity index (χ0n) is 13.4. The first kappa shape index (κ1) is 16.2. The molecule has 0 radical (unpaired) electrons. The van der Waals surface area contributed by atoms with Crippen molar-refractivity contribution < 1.29 is 19.5 Å². The molecule has 1 atom stereocenters. The summed E-state index contributed by atoms with van der Waals surface area (Å²) in [5.41, 5.74) is 1.50. The molecule has 2 heterocycles. The van der Waals surface area contributed by atoms with E-state index in [9.17, 15) is 15.2 Å². The summed E-state index contributed by atoms with van der Waals surface area (Å²) >= 11 is 0. The predicted octanol–water partition coefficient (Wildman–Crippen LogP) is 1.32. The molecule has 0 saturated carbocycles. The van der Waals surface area contributed by atoms with Crippen LogP contribution in [0.1, 0.15) is 17.2 Å².